The maximum atomic E-state index is 12.7. The third-order valence-corrected chi connectivity index (χ3v) is 5.43. The van der Waals surface area contributed by atoms with Crippen molar-refractivity contribution in [2.45, 2.75) is 33.1 Å². The van der Waals surface area contributed by atoms with Gasteiger partial charge in [-0.25, -0.2) is 0 Å². The molecule has 25 heavy (non-hydrogen) atoms. The number of carbonyl (C=O) groups excluding carboxylic acids is 1. The van der Waals surface area contributed by atoms with E-state index in [9.17, 15) is 4.79 Å². The zero-order valence-corrected chi connectivity index (χ0v) is 15.5. The van der Waals surface area contributed by atoms with Crippen LogP contribution < -0.4 is 5.32 Å². The van der Waals surface area contributed by atoms with Crippen LogP contribution in [0.4, 0.5) is 0 Å². The molecule has 0 bridgehead atoms. The number of hydrogen-bond donors (Lipinski definition) is 1. The van der Waals surface area contributed by atoms with Gasteiger partial charge < -0.3 is 5.32 Å². The minimum Gasteiger partial charge on any atom is -0.321 e. The van der Waals surface area contributed by atoms with Crippen molar-refractivity contribution < 1.29 is 4.79 Å². The van der Waals surface area contributed by atoms with E-state index >= 15 is 0 Å². The van der Waals surface area contributed by atoms with Crippen molar-refractivity contribution in [3.05, 3.63) is 82.4 Å². The molecule has 1 aromatic carbocycles. The van der Waals surface area contributed by atoms with Crippen LogP contribution in [0.15, 0.2) is 66.4 Å². The van der Waals surface area contributed by atoms with Crippen molar-refractivity contribution >= 4 is 17.2 Å². The quantitative estimate of drug-likeness (QED) is 0.692. The van der Waals surface area contributed by atoms with Crippen molar-refractivity contribution in [3.63, 3.8) is 0 Å². The molecule has 0 fully saturated rings. The van der Waals surface area contributed by atoms with E-state index in [1.54, 1.807) is 11.3 Å². The van der Waals surface area contributed by atoms with Crippen molar-refractivity contribution in [3.8, 4) is 10.4 Å². The molecular weight excluding hydrogens is 326 g/mol. The molecule has 0 saturated heterocycles. The van der Waals surface area contributed by atoms with E-state index < -0.39 is 0 Å². The van der Waals surface area contributed by atoms with Gasteiger partial charge in [-0.15, -0.1) is 11.3 Å². The number of carbonyl (C=O) groups is 1. The van der Waals surface area contributed by atoms with Crippen LogP contribution in [0, 0.1) is 0 Å². The minimum atomic E-state index is -0.0339. The lowest BCUT2D eigenvalue weighted by atomic mass is 9.91. The van der Waals surface area contributed by atoms with Crippen LogP contribution in [0.25, 0.3) is 10.4 Å². The van der Waals surface area contributed by atoms with Gasteiger partial charge >= 0.3 is 0 Å². The molecule has 3 rings (SSSR count). The zero-order chi connectivity index (χ0) is 17.6. The van der Waals surface area contributed by atoms with Gasteiger partial charge in [0.25, 0.3) is 5.91 Å². The number of aryl methyl sites for hydroxylation is 2. The molecule has 3 heteroatoms. The van der Waals surface area contributed by atoms with Crippen LogP contribution in [-0.2, 0) is 12.8 Å². The molecule has 0 atom stereocenters. The summed E-state index contributed by atoms with van der Waals surface area (Å²) in [7, 11) is 0. The third-order valence-electron chi connectivity index (χ3n) is 4.22. The normalized spacial score (nSPS) is 13.9. The van der Waals surface area contributed by atoms with Gasteiger partial charge in [-0.3, -0.25) is 4.79 Å². The average Bonchev–Trinajstić information content (AvgIpc) is 3.08. The van der Waals surface area contributed by atoms with E-state index in [1.807, 2.05) is 37.3 Å². The molecule has 1 aliphatic rings. The summed E-state index contributed by atoms with van der Waals surface area (Å²) in [6.45, 7) is 4.04. The number of amides is 1. The molecule has 0 unspecified atom stereocenters. The average molecular weight is 349 g/mol. The monoisotopic (exact) mass is 349 g/mol. The van der Waals surface area contributed by atoms with E-state index in [0.717, 1.165) is 29.8 Å². The number of fused-ring (bicyclic) bond motifs is 3. The van der Waals surface area contributed by atoms with Crippen LogP contribution in [-0.4, -0.2) is 5.91 Å². The fourth-order valence-corrected chi connectivity index (χ4v) is 4.13. The Balaban J connectivity index is 1.85. The molecule has 2 aromatic rings. The largest absolute Gasteiger partial charge is 0.321 e. The Morgan fingerprint density at radius 1 is 1.24 bits per heavy atom. The summed E-state index contributed by atoms with van der Waals surface area (Å²) in [5, 5.41) is 3.03. The van der Waals surface area contributed by atoms with Crippen LogP contribution in [0.1, 0.15) is 41.1 Å². The van der Waals surface area contributed by atoms with Gasteiger partial charge in [0.1, 0.15) is 0 Å². The number of hydrogen-bond acceptors (Lipinski definition) is 2. The lowest BCUT2D eigenvalue weighted by molar-refractivity contribution is 0.0971. The van der Waals surface area contributed by atoms with Crippen LogP contribution in [0.5, 0.6) is 0 Å². The van der Waals surface area contributed by atoms with E-state index in [4.69, 9.17) is 0 Å². The van der Waals surface area contributed by atoms with Gasteiger partial charge in [0.15, 0.2) is 0 Å². The predicted molar refractivity (Wildman–Crippen MR) is 107 cm³/mol. The Morgan fingerprint density at radius 3 is 2.84 bits per heavy atom. The highest BCUT2D eigenvalue weighted by Crippen LogP contribution is 2.39. The summed E-state index contributed by atoms with van der Waals surface area (Å²) in [6, 6.07) is 10.6. The fraction of sp³-hybridized carbons (Fsp3) is 0.227. The molecule has 128 valence electrons. The summed E-state index contributed by atoms with van der Waals surface area (Å²) in [4.78, 5) is 14.7. The van der Waals surface area contributed by atoms with Crippen molar-refractivity contribution in [2.24, 2.45) is 0 Å². The van der Waals surface area contributed by atoms with Gasteiger partial charge in [-0.1, -0.05) is 49.4 Å². The highest BCUT2D eigenvalue weighted by molar-refractivity contribution is 7.17. The molecule has 0 radical (unpaired) electrons. The Hall–Kier alpha value is -2.39. The Kier molecular flexibility index (Phi) is 5.67. The smallest absolute Gasteiger partial charge is 0.265 e. The topological polar surface area (TPSA) is 29.1 Å². The zero-order valence-electron chi connectivity index (χ0n) is 14.7. The molecule has 0 saturated carbocycles. The highest BCUT2D eigenvalue weighted by Gasteiger charge is 2.21. The van der Waals surface area contributed by atoms with Crippen molar-refractivity contribution in [1.29, 1.82) is 0 Å². The summed E-state index contributed by atoms with van der Waals surface area (Å²) >= 11 is 1.59. The molecule has 1 heterocycles. The van der Waals surface area contributed by atoms with Crippen molar-refractivity contribution in [2.75, 3.05) is 0 Å². The van der Waals surface area contributed by atoms with Gasteiger partial charge in [-0.2, -0.15) is 0 Å². The van der Waals surface area contributed by atoms with E-state index in [0.29, 0.717) is 0 Å². The Morgan fingerprint density at radius 2 is 2.04 bits per heavy atom. The second-order valence-electron chi connectivity index (χ2n) is 6.03. The lowest BCUT2D eigenvalue weighted by Crippen LogP contribution is -2.20. The second-order valence-corrected chi connectivity index (χ2v) is 7.09. The van der Waals surface area contributed by atoms with Gasteiger partial charge in [0.05, 0.1) is 4.88 Å². The summed E-state index contributed by atoms with van der Waals surface area (Å²) in [5.74, 6) is -0.0339. The first-order valence-electron chi connectivity index (χ1n) is 8.74. The molecular formula is C22H23NOS. The summed E-state index contributed by atoms with van der Waals surface area (Å²) in [6.07, 6.45) is 12.8. The molecule has 1 aliphatic carbocycles. The van der Waals surface area contributed by atoms with Gasteiger partial charge in [0.2, 0.25) is 0 Å². The second kappa shape index (κ2) is 8.13. The molecule has 1 N–H and O–H groups in total. The maximum absolute atomic E-state index is 12.7. The molecule has 1 aromatic heterocycles. The maximum Gasteiger partial charge on any atom is 0.265 e. The van der Waals surface area contributed by atoms with Crippen LogP contribution >= 0.6 is 11.3 Å². The van der Waals surface area contributed by atoms with E-state index in [-0.39, 0.29) is 5.91 Å². The van der Waals surface area contributed by atoms with Crippen molar-refractivity contribution in [1.82, 2.24) is 5.32 Å². The minimum absolute atomic E-state index is 0.0339. The lowest BCUT2D eigenvalue weighted by Gasteiger charge is -2.15. The molecule has 2 nitrogen and oxygen atoms in total. The first-order chi connectivity index (χ1) is 12.2. The summed E-state index contributed by atoms with van der Waals surface area (Å²) < 4.78 is 0. The first-order valence-corrected chi connectivity index (χ1v) is 9.56. The van der Waals surface area contributed by atoms with E-state index in [1.165, 1.54) is 21.6 Å². The molecule has 0 aliphatic heterocycles. The third kappa shape index (κ3) is 3.99. The molecule has 1 amide bonds. The fourth-order valence-electron chi connectivity index (χ4n) is 2.96. The Labute approximate surface area is 153 Å². The standard InChI is InChI=1S/C22H23NOS/c1-3-5-10-18(11-6-4-2)23-22(24)20-15-17-14-13-16-9-7-8-12-19(16)21(17)25-20/h3,5-12,15H,4,13-14H2,1-2H3,(H,23,24)/b5-3-,11-6+,18-10+. The Bertz CT molecular complexity index is 855. The number of thiophene rings is 1. The summed E-state index contributed by atoms with van der Waals surface area (Å²) in [5.41, 5.74) is 4.76. The number of allylic oxidation sites excluding steroid dienone is 5. The number of rotatable bonds is 5. The van der Waals surface area contributed by atoms with Crippen LogP contribution in [0.3, 0.4) is 0 Å². The van der Waals surface area contributed by atoms with Crippen LogP contribution in [0.2, 0.25) is 0 Å². The first kappa shape index (κ1) is 17.4. The number of benzene rings is 1. The predicted octanol–water partition coefficient (Wildman–Crippen LogP) is 5.67. The van der Waals surface area contributed by atoms with E-state index in [2.05, 4.69) is 42.6 Å². The SMILES string of the molecule is C\C=C/C=C(\C=C\CC)NC(=O)c1cc2c(s1)-c1ccccc1CC2. The van der Waals surface area contributed by atoms with Gasteiger partial charge in [-0.05, 0) is 61.1 Å². The number of nitrogens with one attached hydrogen (secondary N) is 1. The molecule has 0 spiro atoms. The highest BCUT2D eigenvalue weighted by atomic mass is 32.1. The van der Waals surface area contributed by atoms with Gasteiger partial charge in [0, 0.05) is 10.6 Å².